The third-order valence-electron chi connectivity index (χ3n) is 8.16. The SMILES string of the molecule is CCNC(=O)[C@@H](NC(=O)[C@H](C)NC[C@H](Cc1ccccc1)NC(=O)c1cc(C(=O)NC(C)c2cccnc2)cc(N(C)S(C)(=O)=O)c1)C(C)C. The van der Waals surface area contributed by atoms with Gasteiger partial charge in [-0.25, -0.2) is 8.42 Å². The molecule has 0 saturated carbocycles. The molecule has 1 aromatic heterocycles. The normalized spacial score (nSPS) is 13.8. The zero-order chi connectivity index (χ0) is 37.0. The van der Waals surface area contributed by atoms with E-state index in [1.807, 2.05) is 57.2 Å². The van der Waals surface area contributed by atoms with Crippen molar-refractivity contribution in [2.45, 2.75) is 65.2 Å². The number of amides is 4. The molecule has 14 heteroatoms. The van der Waals surface area contributed by atoms with Gasteiger partial charge in [-0.05, 0) is 68.5 Å². The van der Waals surface area contributed by atoms with Crippen molar-refractivity contribution in [1.82, 2.24) is 31.6 Å². The molecule has 0 fully saturated rings. The Labute approximate surface area is 295 Å². The number of pyridine rings is 1. The Hall–Kier alpha value is -4.82. The van der Waals surface area contributed by atoms with E-state index < -0.39 is 46.0 Å². The number of nitrogens with zero attached hydrogens (tertiary/aromatic N) is 2. The molecule has 0 bridgehead atoms. The molecule has 0 aliphatic carbocycles. The number of carbonyl (C=O) groups excluding carboxylic acids is 4. The number of hydrogen-bond donors (Lipinski definition) is 5. The van der Waals surface area contributed by atoms with E-state index in [-0.39, 0.29) is 41.1 Å². The Morgan fingerprint density at radius 1 is 0.840 bits per heavy atom. The second kappa shape index (κ2) is 18.3. The highest BCUT2D eigenvalue weighted by Gasteiger charge is 2.27. The molecule has 13 nitrogen and oxygen atoms in total. The average Bonchev–Trinajstić information content (AvgIpc) is 3.08. The van der Waals surface area contributed by atoms with Gasteiger partial charge in [0.1, 0.15) is 6.04 Å². The molecule has 0 aliphatic rings. The first-order chi connectivity index (χ1) is 23.6. The van der Waals surface area contributed by atoms with Crippen LogP contribution in [0, 0.1) is 5.92 Å². The molecule has 3 aromatic rings. The van der Waals surface area contributed by atoms with Crippen molar-refractivity contribution >= 4 is 39.3 Å². The van der Waals surface area contributed by atoms with Gasteiger partial charge in [0, 0.05) is 49.7 Å². The first-order valence-electron chi connectivity index (χ1n) is 16.6. The van der Waals surface area contributed by atoms with Gasteiger partial charge >= 0.3 is 0 Å². The second-order valence-electron chi connectivity index (χ2n) is 12.6. The molecule has 0 radical (unpaired) electrons. The van der Waals surface area contributed by atoms with Crippen LogP contribution in [0.4, 0.5) is 5.69 Å². The standard InChI is InChI=1S/C36H49N7O6S/c1-8-38-36(47)32(23(2)3)42-33(44)25(5)39-22-30(17-26-13-10-9-11-14-26)41-35(46)29-18-28(19-31(20-29)43(6)50(7,48)49)34(45)40-24(4)27-15-12-16-37-21-27/h9-16,18-21,23-25,30,32,39H,8,17,22H2,1-7H3,(H,38,47)(H,40,45)(H,41,46)(H,42,44)/t24?,25-,30-,32-/m0/s1. The lowest BCUT2D eigenvalue weighted by atomic mass is 10.0. The summed E-state index contributed by atoms with van der Waals surface area (Å²) in [6.45, 7) is 9.60. The molecule has 5 N–H and O–H groups in total. The Kier molecular flexibility index (Phi) is 14.5. The molecule has 270 valence electrons. The zero-order valence-corrected chi connectivity index (χ0v) is 30.5. The molecule has 0 aliphatic heterocycles. The molecule has 2 aromatic carbocycles. The monoisotopic (exact) mass is 707 g/mol. The number of nitrogens with one attached hydrogen (secondary N) is 5. The molecule has 3 rings (SSSR count). The first kappa shape index (κ1) is 39.6. The summed E-state index contributed by atoms with van der Waals surface area (Å²) in [7, 11) is -2.39. The maximum atomic E-state index is 13.9. The first-order valence-corrected chi connectivity index (χ1v) is 18.4. The van der Waals surface area contributed by atoms with Gasteiger partial charge in [-0.15, -0.1) is 0 Å². The third-order valence-corrected chi connectivity index (χ3v) is 9.36. The summed E-state index contributed by atoms with van der Waals surface area (Å²) in [5.74, 6) is -1.81. The van der Waals surface area contributed by atoms with E-state index in [1.165, 1.54) is 25.2 Å². The van der Waals surface area contributed by atoms with E-state index in [0.717, 1.165) is 21.7 Å². The fourth-order valence-electron chi connectivity index (χ4n) is 5.09. The lowest BCUT2D eigenvalue weighted by Crippen LogP contribution is -2.55. The van der Waals surface area contributed by atoms with Crippen LogP contribution in [-0.4, -0.2) is 81.5 Å². The maximum absolute atomic E-state index is 13.9. The number of benzene rings is 2. The van der Waals surface area contributed by atoms with Crippen LogP contribution in [0.1, 0.15) is 72.5 Å². The van der Waals surface area contributed by atoms with Crippen molar-refractivity contribution in [2.75, 3.05) is 30.7 Å². The van der Waals surface area contributed by atoms with Crippen molar-refractivity contribution in [3.63, 3.8) is 0 Å². The fourth-order valence-corrected chi connectivity index (χ4v) is 5.58. The third kappa shape index (κ3) is 11.7. The van der Waals surface area contributed by atoms with Crippen molar-refractivity contribution in [3.8, 4) is 0 Å². The summed E-state index contributed by atoms with van der Waals surface area (Å²) in [5.41, 5.74) is 2.00. The van der Waals surface area contributed by atoms with Crippen molar-refractivity contribution in [3.05, 3.63) is 95.3 Å². The molecule has 50 heavy (non-hydrogen) atoms. The van der Waals surface area contributed by atoms with Gasteiger partial charge < -0.3 is 26.6 Å². The van der Waals surface area contributed by atoms with Gasteiger partial charge in [-0.3, -0.25) is 28.5 Å². The van der Waals surface area contributed by atoms with Gasteiger partial charge in [0.15, 0.2) is 0 Å². The van der Waals surface area contributed by atoms with Gasteiger partial charge in [0.05, 0.1) is 24.0 Å². The summed E-state index contributed by atoms with van der Waals surface area (Å²) in [6.07, 6.45) is 4.69. The second-order valence-corrected chi connectivity index (χ2v) is 14.6. The Balaban J connectivity index is 1.86. The van der Waals surface area contributed by atoms with Crippen molar-refractivity contribution in [2.24, 2.45) is 5.92 Å². The van der Waals surface area contributed by atoms with Crippen LogP contribution in [0.5, 0.6) is 0 Å². The van der Waals surface area contributed by atoms with E-state index in [9.17, 15) is 27.6 Å². The fraction of sp³-hybridized carbons (Fsp3) is 0.417. The molecule has 0 saturated heterocycles. The summed E-state index contributed by atoms with van der Waals surface area (Å²) in [5, 5.41) is 14.6. The number of anilines is 1. The van der Waals surface area contributed by atoms with E-state index in [4.69, 9.17) is 0 Å². The summed E-state index contributed by atoms with van der Waals surface area (Å²) < 4.78 is 25.9. The smallest absolute Gasteiger partial charge is 0.251 e. The molecular formula is C36H49N7O6S. The highest BCUT2D eigenvalue weighted by atomic mass is 32.2. The highest BCUT2D eigenvalue weighted by Crippen LogP contribution is 2.22. The summed E-state index contributed by atoms with van der Waals surface area (Å²) >= 11 is 0. The number of aromatic nitrogens is 1. The zero-order valence-electron chi connectivity index (χ0n) is 29.7. The van der Waals surface area contributed by atoms with Gasteiger partial charge in [-0.1, -0.05) is 50.2 Å². The van der Waals surface area contributed by atoms with Gasteiger partial charge in [0.2, 0.25) is 21.8 Å². The summed E-state index contributed by atoms with van der Waals surface area (Å²) in [4.78, 5) is 57.0. The molecule has 0 spiro atoms. The summed E-state index contributed by atoms with van der Waals surface area (Å²) in [6, 6.07) is 14.9. The van der Waals surface area contributed by atoms with Crippen LogP contribution in [-0.2, 0) is 26.0 Å². The van der Waals surface area contributed by atoms with E-state index in [0.29, 0.717) is 13.0 Å². The van der Waals surface area contributed by atoms with E-state index in [2.05, 4.69) is 31.6 Å². The predicted molar refractivity (Wildman–Crippen MR) is 194 cm³/mol. The Bertz CT molecular complexity index is 1720. The quantitative estimate of drug-likeness (QED) is 0.142. The minimum absolute atomic E-state index is 0.0720. The van der Waals surface area contributed by atoms with Crippen LogP contribution < -0.4 is 30.9 Å². The van der Waals surface area contributed by atoms with Crippen LogP contribution in [0.15, 0.2) is 73.1 Å². The largest absolute Gasteiger partial charge is 0.355 e. The lowest BCUT2D eigenvalue weighted by molar-refractivity contribution is -0.130. The number of sulfonamides is 1. The van der Waals surface area contributed by atoms with Crippen LogP contribution in [0.2, 0.25) is 0 Å². The molecule has 4 atom stereocenters. The van der Waals surface area contributed by atoms with E-state index >= 15 is 0 Å². The maximum Gasteiger partial charge on any atom is 0.251 e. The number of rotatable bonds is 17. The van der Waals surface area contributed by atoms with Crippen LogP contribution in [0.3, 0.4) is 0 Å². The lowest BCUT2D eigenvalue weighted by Gasteiger charge is -2.25. The van der Waals surface area contributed by atoms with Crippen molar-refractivity contribution in [1.29, 1.82) is 0 Å². The van der Waals surface area contributed by atoms with E-state index in [1.54, 1.807) is 32.3 Å². The van der Waals surface area contributed by atoms with Crippen LogP contribution >= 0.6 is 0 Å². The topological polar surface area (TPSA) is 179 Å². The average molecular weight is 708 g/mol. The van der Waals surface area contributed by atoms with Gasteiger partial charge in [0.25, 0.3) is 11.8 Å². The molecule has 1 heterocycles. The minimum atomic E-state index is -3.73. The Morgan fingerprint density at radius 3 is 2.04 bits per heavy atom. The molecule has 4 amide bonds. The molecule has 1 unspecified atom stereocenters. The van der Waals surface area contributed by atoms with Gasteiger partial charge in [-0.2, -0.15) is 0 Å². The minimum Gasteiger partial charge on any atom is -0.355 e. The number of hydrogen-bond acceptors (Lipinski definition) is 8. The number of carbonyl (C=O) groups is 4. The predicted octanol–water partition coefficient (Wildman–Crippen LogP) is 2.56. The number of likely N-dealkylation sites (N-methyl/N-ethyl adjacent to an activating group) is 1. The molecular weight excluding hydrogens is 659 g/mol. The Morgan fingerprint density at radius 2 is 1.48 bits per heavy atom. The van der Waals surface area contributed by atoms with Crippen LogP contribution in [0.25, 0.3) is 0 Å². The van der Waals surface area contributed by atoms with Crippen molar-refractivity contribution < 1.29 is 27.6 Å². The highest BCUT2D eigenvalue weighted by molar-refractivity contribution is 7.92.